The van der Waals surface area contributed by atoms with Crippen LogP contribution in [0, 0.1) is 5.82 Å². The highest BCUT2D eigenvalue weighted by Crippen LogP contribution is 2.14. The molecule has 0 bridgehead atoms. The summed E-state index contributed by atoms with van der Waals surface area (Å²) >= 11 is 0. The molecule has 1 heterocycles. The zero-order valence-corrected chi connectivity index (χ0v) is 15.1. The summed E-state index contributed by atoms with van der Waals surface area (Å²) in [5.74, 6) is -0.587. The minimum absolute atomic E-state index is 0.107. The van der Waals surface area contributed by atoms with E-state index in [1.807, 2.05) is 30.3 Å². The number of nitrogens with one attached hydrogen (secondary N) is 1. The van der Waals surface area contributed by atoms with Crippen LogP contribution in [0.5, 0.6) is 0 Å². The maximum atomic E-state index is 12.9. The molecule has 1 amide bonds. The highest BCUT2D eigenvalue weighted by molar-refractivity contribution is 5.95. The lowest BCUT2D eigenvalue weighted by Gasteiger charge is -2.12. The molecule has 0 spiro atoms. The molecule has 3 rings (SSSR count). The molecule has 0 aliphatic rings. The molecule has 1 aromatic heterocycles. The Morgan fingerprint density at radius 3 is 2.56 bits per heavy atom. The third-order valence-corrected chi connectivity index (χ3v) is 4.40. The molecule has 0 aliphatic carbocycles. The van der Waals surface area contributed by atoms with E-state index in [9.17, 15) is 14.3 Å². The second-order valence-electron chi connectivity index (χ2n) is 6.49. The van der Waals surface area contributed by atoms with Gasteiger partial charge >= 0.3 is 0 Å². The van der Waals surface area contributed by atoms with E-state index in [-0.39, 0.29) is 18.3 Å². The van der Waals surface area contributed by atoms with Crippen LogP contribution >= 0.6 is 0 Å². The third-order valence-electron chi connectivity index (χ3n) is 4.40. The molecule has 27 heavy (non-hydrogen) atoms. The van der Waals surface area contributed by atoms with Crippen LogP contribution in [0.3, 0.4) is 0 Å². The zero-order chi connectivity index (χ0) is 19.2. The van der Waals surface area contributed by atoms with Crippen molar-refractivity contribution < 1.29 is 14.3 Å². The Morgan fingerprint density at radius 1 is 1.15 bits per heavy atom. The first-order chi connectivity index (χ1) is 13.0. The minimum atomic E-state index is -0.756. The van der Waals surface area contributed by atoms with E-state index in [4.69, 9.17) is 0 Å². The molecule has 0 fully saturated rings. The van der Waals surface area contributed by atoms with Gasteiger partial charge in [-0.2, -0.15) is 5.10 Å². The number of carbonyl (C=O) groups is 1. The van der Waals surface area contributed by atoms with Crippen molar-refractivity contribution in [3.8, 4) is 0 Å². The van der Waals surface area contributed by atoms with Crippen molar-refractivity contribution in [3.05, 3.63) is 89.0 Å². The number of carbonyl (C=O) groups excluding carboxylic acids is 1. The van der Waals surface area contributed by atoms with Crippen molar-refractivity contribution >= 4 is 5.91 Å². The molecule has 6 heteroatoms. The monoisotopic (exact) mass is 367 g/mol. The number of aliphatic hydroxyl groups is 1. The van der Waals surface area contributed by atoms with E-state index in [0.717, 1.165) is 16.8 Å². The van der Waals surface area contributed by atoms with Crippen molar-refractivity contribution in [2.24, 2.45) is 7.05 Å². The van der Waals surface area contributed by atoms with Gasteiger partial charge in [-0.3, -0.25) is 9.48 Å². The molecule has 5 nitrogen and oxygen atoms in total. The summed E-state index contributed by atoms with van der Waals surface area (Å²) < 4.78 is 14.6. The van der Waals surface area contributed by atoms with Gasteiger partial charge in [0.15, 0.2) is 0 Å². The van der Waals surface area contributed by atoms with E-state index in [1.54, 1.807) is 30.1 Å². The average molecular weight is 367 g/mol. The summed E-state index contributed by atoms with van der Waals surface area (Å²) in [7, 11) is 1.80. The molecular formula is C21H22FN3O2. The summed E-state index contributed by atoms with van der Waals surface area (Å²) in [5.41, 5.74) is 3.21. The molecule has 0 radical (unpaired) electrons. The Balaban J connectivity index is 1.60. The topological polar surface area (TPSA) is 67.2 Å². The zero-order valence-electron chi connectivity index (χ0n) is 15.1. The van der Waals surface area contributed by atoms with Crippen LogP contribution in [0.15, 0.2) is 60.8 Å². The maximum absolute atomic E-state index is 12.9. The molecule has 1 unspecified atom stereocenters. The van der Waals surface area contributed by atoms with Gasteiger partial charge in [-0.1, -0.05) is 42.5 Å². The summed E-state index contributed by atoms with van der Waals surface area (Å²) in [5, 5.41) is 17.1. The number of aromatic nitrogens is 2. The number of hydrogen-bond acceptors (Lipinski definition) is 3. The summed E-state index contributed by atoms with van der Waals surface area (Å²) in [6.07, 6.45) is 1.72. The Labute approximate surface area is 157 Å². The SMILES string of the molecule is Cn1ncc(C(=O)NCC(O)Cc2ccc(F)cc2)c1Cc1ccccc1. The number of amides is 1. The maximum Gasteiger partial charge on any atom is 0.254 e. The molecule has 0 saturated heterocycles. The second-order valence-corrected chi connectivity index (χ2v) is 6.49. The Hall–Kier alpha value is -2.99. The second kappa shape index (κ2) is 8.60. The fourth-order valence-electron chi connectivity index (χ4n) is 2.92. The predicted octanol–water partition coefficient (Wildman–Crippen LogP) is 2.48. The van der Waals surface area contributed by atoms with Gasteiger partial charge in [0.1, 0.15) is 5.82 Å². The van der Waals surface area contributed by atoms with E-state index in [2.05, 4.69) is 10.4 Å². The number of nitrogens with zero attached hydrogens (tertiary/aromatic N) is 2. The molecular weight excluding hydrogens is 345 g/mol. The van der Waals surface area contributed by atoms with Gasteiger partial charge in [0.05, 0.1) is 23.6 Å². The first-order valence-electron chi connectivity index (χ1n) is 8.78. The number of aryl methyl sites for hydroxylation is 1. The number of halogens is 1. The Kier molecular flexibility index (Phi) is 5.98. The van der Waals surface area contributed by atoms with Crippen LogP contribution in [0.25, 0.3) is 0 Å². The molecule has 0 aliphatic heterocycles. The third kappa shape index (κ3) is 5.01. The number of hydrogen-bond donors (Lipinski definition) is 2. The van der Waals surface area contributed by atoms with Crippen molar-refractivity contribution in [1.29, 1.82) is 0 Å². The van der Waals surface area contributed by atoms with Gasteiger partial charge in [-0.15, -0.1) is 0 Å². The number of benzene rings is 2. The van der Waals surface area contributed by atoms with Crippen molar-refractivity contribution in [3.63, 3.8) is 0 Å². The van der Waals surface area contributed by atoms with E-state index < -0.39 is 6.10 Å². The lowest BCUT2D eigenvalue weighted by atomic mass is 10.1. The van der Waals surface area contributed by atoms with Gasteiger partial charge in [-0.05, 0) is 23.3 Å². The van der Waals surface area contributed by atoms with E-state index in [1.165, 1.54) is 12.1 Å². The lowest BCUT2D eigenvalue weighted by molar-refractivity contribution is 0.0915. The van der Waals surface area contributed by atoms with E-state index in [0.29, 0.717) is 18.4 Å². The van der Waals surface area contributed by atoms with Gasteiger partial charge in [0.25, 0.3) is 5.91 Å². The predicted molar refractivity (Wildman–Crippen MR) is 101 cm³/mol. The van der Waals surface area contributed by atoms with E-state index >= 15 is 0 Å². The first kappa shape index (κ1) is 18.8. The highest BCUT2D eigenvalue weighted by atomic mass is 19.1. The Bertz CT molecular complexity index is 892. The van der Waals surface area contributed by atoms with Crippen LogP contribution in [-0.2, 0) is 19.9 Å². The Morgan fingerprint density at radius 2 is 1.85 bits per heavy atom. The fraction of sp³-hybridized carbons (Fsp3) is 0.238. The minimum Gasteiger partial charge on any atom is -0.391 e. The highest BCUT2D eigenvalue weighted by Gasteiger charge is 2.17. The van der Waals surface area contributed by atoms with Crippen molar-refractivity contribution in [1.82, 2.24) is 15.1 Å². The number of aliphatic hydroxyl groups excluding tert-OH is 1. The van der Waals surface area contributed by atoms with Crippen LogP contribution in [0.1, 0.15) is 27.2 Å². The molecule has 140 valence electrons. The quantitative estimate of drug-likeness (QED) is 0.674. The van der Waals surface area contributed by atoms with Gasteiger partial charge in [0.2, 0.25) is 0 Å². The van der Waals surface area contributed by atoms with Gasteiger partial charge < -0.3 is 10.4 Å². The number of rotatable bonds is 7. The van der Waals surface area contributed by atoms with Crippen LogP contribution in [-0.4, -0.2) is 33.4 Å². The molecule has 1 atom stereocenters. The summed E-state index contributed by atoms with van der Waals surface area (Å²) in [6.45, 7) is 0.107. The molecule has 2 N–H and O–H groups in total. The standard InChI is InChI=1S/C21H22FN3O2/c1-25-20(12-15-5-3-2-4-6-15)19(14-24-25)21(27)23-13-18(26)11-16-7-9-17(22)10-8-16/h2-10,14,18,26H,11-13H2,1H3,(H,23,27). The van der Waals surface area contributed by atoms with Crippen LogP contribution in [0.2, 0.25) is 0 Å². The lowest BCUT2D eigenvalue weighted by Crippen LogP contribution is -2.33. The fourth-order valence-corrected chi connectivity index (χ4v) is 2.92. The van der Waals surface area contributed by atoms with Crippen molar-refractivity contribution in [2.75, 3.05) is 6.54 Å². The van der Waals surface area contributed by atoms with Crippen LogP contribution in [0.4, 0.5) is 4.39 Å². The molecule has 3 aromatic rings. The van der Waals surface area contributed by atoms with Gasteiger partial charge in [0, 0.05) is 26.4 Å². The largest absolute Gasteiger partial charge is 0.391 e. The van der Waals surface area contributed by atoms with Crippen molar-refractivity contribution in [2.45, 2.75) is 18.9 Å². The molecule has 2 aromatic carbocycles. The van der Waals surface area contributed by atoms with Crippen LogP contribution < -0.4 is 5.32 Å². The summed E-state index contributed by atoms with van der Waals surface area (Å²) in [6, 6.07) is 15.8. The summed E-state index contributed by atoms with van der Waals surface area (Å²) in [4.78, 5) is 12.5. The molecule has 0 saturated carbocycles. The average Bonchev–Trinajstić information content (AvgIpc) is 3.03. The van der Waals surface area contributed by atoms with Gasteiger partial charge in [-0.25, -0.2) is 4.39 Å². The smallest absolute Gasteiger partial charge is 0.254 e. The first-order valence-corrected chi connectivity index (χ1v) is 8.78. The normalized spacial score (nSPS) is 12.0.